The van der Waals surface area contributed by atoms with Crippen molar-refractivity contribution in [2.75, 3.05) is 43.9 Å². The molecule has 1 aromatic heterocycles. The lowest BCUT2D eigenvalue weighted by Crippen LogP contribution is -2.43. The van der Waals surface area contributed by atoms with Gasteiger partial charge in [0.2, 0.25) is 5.95 Å². The lowest BCUT2D eigenvalue weighted by atomic mass is 9.98. The van der Waals surface area contributed by atoms with Crippen LogP contribution in [0.2, 0.25) is 0 Å². The summed E-state index contributed by atoms with van der Waals surface area (Å²) in [6.45, 7) is 5.65. The maximum Gasteiger partial charge on any atom is 0.490 e. The Bertz CT molecular complexity index is 1550. The number of nitrogens with one attached hydrogen (secondary N) is 3. The molecule has 45 heavy (non-hydrogen) atoms. The second kappa shape index (κ2) is 14.7. The van der Waals surface area contributed by atoms with Gasteiger partial charge in [-0.15, -0.1) is 0 Å². The molecular weight excluding hydrogens is 605 g/mol. The minimum absolute atomic E-state index is 0.0617. The third-order valence-electron chi connectivity index (χ3n) is 6.34. The van der Waals surface area contributed by atoms with Crippen LogP contribution in [-0.2, 0) is 11.3 Å². The van der Waals surface area contributed by atoms with Crippen molar-refractivity contribution in [1.82, 2.24) is 25.5 Å². The first-order chi connectivity index (χ1) is 21.1. The van der Waals surface area contributed by atoms with Gasteiger partial charge in [-0.2, -0.15) is 18.2 Å². The summed E-state index contributed by atoms with van der Waals surface area (Å²) in [7, 11) is 3.85. The summed E-state index contributed by atoms with van der Waals surface area (Å²) >= 11 is 0. The van der Waals surface area contributed by atoms with Crippen LogP contribution in [0.3, 0.4) is 0 Å². The first-order valence-electron chi connectivity index (χ1n) is 13.7. The number of carboxylic acid groups (broad SMARTS) is 1. The summed E-state index contributed by atoms with van der Waals surface area (Å²) in [5.74, 6) is -4.43. The summed E-state index contributed by atoms with van der Waals surface area (Å²) in [5, 5.41) is 15.8. The number of para-hydroxylation sites is 1. The topological polar surface area (TPSA) is 140 Å². The SMILES string of the molecule is CCCNC(=O)c1ccc(-c2nc(NCCN(C)C)nc3c2CNC(=O)N3c2c(F)cccc2F)c(C)c1.O=C(O)C(F)(F)F. The van der Waals surface area contributed by atoms with E-state index in [0.717, 1.165) is 29.0 Å². The van der Waals surface area contributed by atoms with Gasteiger partial charge in [0.05, 0.1) is 12.2 Å². The van der Waals surface area contributed by atoms with Gasteiger partial charge in [-0.3, -0.25) is 4.79 Å². The van der Waals surface area contributed by atoms with E-state index in [1.165, 1.54) is 6.07 Å². The number of amides is 3. The fourth-order valence-corrected chi connectivity index (χ4v) is 4.17. The van der Waals surface area contributed by atoms with Gasteiger partial charge in [0, 0.05) is 36.3 Å². The van der Waals surface area contributed by atoms with Gasteiger partial charge in [-0.1, -0.05) is 19.1 Å². The van der Waals surface area contributed by atoms with E-state index in [-0.39, 0.29) is 24.2 Å². The van der Waals surface area contributed by atoms with Gasteiger partial charge in [0.25, 0.3) is 5.91 Å². The molecule has 4 N–H and O–H groups in total. The monoisotopic (exact) mass is 637 g/mol. The molecule has 0 saturated carbocycles. The minimum Gasteiger partial charge on any atom is -0.475 e. The number of aryl methyl sites for hydroxylation is 1. The summed E-state index contributed by atoms with van der Waals surface area (Å²) in [5.41, 5.74) is 2.45. The molecule has 3 amide bonds. The van der Waals surface area contributed by atoms with Crippen molar-refractivity contribution in [3.05, 3.63) is 64.7 Å². The number of hydrogen-bond donors (Lipinski definition) is 4. The van der Waals surface area contributed by atoms with Gasteiger partial charge >= 0.3 is 18.2 Å². The molecule has 1 aliphatic rings. The van der Waals surface area contributed by atoms with Gasteiger partial charge in [-0.25, -0.2) is 28.3 Å². The van der Waals surface area contributed by atoms with Gasteiger partial charge in [0.1, 0.15) is 17.3 Å². The zero-order chi connectivity index (χ0) is 33.5. The zero-order valence-electron chi connectivity index (χ0n) is 24.9. The molecule has 0 bridgehead atoms. The van der Waals surface area contributed by atoms with Crippen molar-refractivity contribution in [3.8, 4) is 11.3 Å². The Morgan fingerprint density at radius 3 is 2.29 bits per heavy atom. The lowest BCUT2D eigenvalue weighted by Gasteiger charge is -2.31. The van der Waals surface area contributed by atoms with E-state index >= 15 is 0 Å². The first-order valence-corrected chi connectivity index (χ1v) is 13.7. The van der Waals surface area contributed by atoms with Crippen LogP contribution in [0.1, 0.15) is 34.8 Å². The molecule has 0 unspecified atom stereocenters. The van der Waals surface area contributed by atoms with E-state index in [1.807, 2.05) is 32.8 Å². The summed E-state index contributed by atoms with van der Waals surface area (Å²) in [6.07, 6.45) is -4.26. The molecule has 0 spiro atoms. The van der Waals surface area contributed by atoms with E-state index in [2.05, 4.69) is 20.9 Å². The zero-order valence-corrected chi connectivity index (χ0v) is 24.9. The predicted octanol–water partition coefficient (Wildman–Crippen LogP) is 4.84. The average molecular weight is 638 g/mol. The number of carbonyl (C=O) groups excluding carboxylic acids is 2. The number of alkyl halides is 3. The fourth-order valence-electron chi connectivity index (χ4n) is 4.17. The molecule has 2 heterocycles. The Balaban J connectivity index is 0.000000707. The highest BCUT2D eigenvalue weighted by Gasteiger charge is 2.38. The third-order valence-corrected chi connectivity index (χ3v) is 6.34. The van der Waals surface area contributed by atoms with E-state index in [4.69, 9.17) is 14.9 Å². The van der Waals surface area contributed by atoms with E-state index in [9.17, 15) is 31.5 Å². The number of nitrogens with zero attached hydrogens (tertiary/aromatic N) is 4. The maximum atomic E-state index is 14.8. The van der Waals surface area contributed by atoms with Crippen LogP contribution in [0.5, 0.6) is 0 Å². The van der Waals surface area contributed by atoms with Crippen LogP contribution >= 0.6 is 0 Å². The van der Waals surface area contributed by atoms with Gasteiger partial charge < -0.3 is 26.0 Å². The largest absolute Gasteiger partial charge is 0.490 e. The molecule has 16 heteroatoms. The molecule has 0 fully saturated rings. The summed E-state index contributed by atoms with van der Waals surface area (Å²) in [4.78, 5) is 46.5. The molecule has 0 aliphatic carbocycles. The second-order valence-corrected chi connectivity index (χ2v) is 10.1. The number of hydrogen-bond acceptors (Lipinski definition) is 7. The molecule has 3 aromatic rings. The Labute approximate surface area is 255 Å². The number of urea groups is 1. The number of likely N-dealkylation sites (N-methyl/N-ethyl adjacent to an activating group) is 1. The number of carboxylic acids is 1. The van der Waals surface area contributed by atoms with Crippen molar-refractivity contribution in [1.29, 1.82) is 0 Å². The molecular formula is C29H32F5N7O4. The van der Waals surface area contributed by atoms with Crippen molar-refractivity contribution in [3.63, 3.8) is 0 Å². The lowest BCUT2D eigenvalue weighted by molar-refractivity contribution is -0.192. The van der Waals surface area contributed by atoms with Gasteiger partial charge in [0.15, 0.2) is 5.82 Å². The quantitative estimate of drug-likeness (QED) is 0.245. The summed E-state index contributed by atoms with van der Waals surface area (Å²) < 4.78 is 61.4. The predicted molar refractivity (Wildman–Crippen MR) is 156 cm³/mol. The number of benzene rings is 2. The van der Waals surface area contributed by atoms with Crippen molar-refractivity contribution in [2.45, 2.75) is 33.0 Å². The minimum atomic E-state index is -5.08. The molecule has 242 valence electrons. The highest BCUT2D eigenvalue weighted by molar-refractivity contribution is 6.02. The van der Waals surface area contributed by atoms with Crippen LogP contribution < -0.4 is 20.9 Å². The number of aliphatic carboxylic acids is 1. The van der Waals surface area contributed by atoms with Crippen LogP contribution in [0.4, 0.5) is 44.2 Å². The van der Waals surface area contributed by atoms with Crippen LogP contribution in [0.25, 0.3) is 11.3 Å². The van der Waals surface area contributed by atoms with Crippen LogP contribution in [-0.4, -0.2) is 77.8 Å². The number of carbonyl (C=O) groups is 3. The Hall–Kier alpha value is -4.86. The maximum absolute atomic E-state index is 14.8. The molecule has 0 saturated heterocycles. The third kappa shape index (κ3) is 8.62. The smallest absolute Gasteiger partial charge is 0.475 e. The number of fused-ring (bicyclic) bond motifs is 1. The Kier molecular flexibility index (Phi) is 11.3. The number of anilines is 3. The summed E-state index contributed by atoms with van der Waals surface area (Å²) in [6, 6.07) is 7.96. The number of aromatic nitrogens is 2. The average Bonchev–Trinajstić information content (AvgIpc) is 2.96. The molecule has 0 atom stereocenters. The highest BCUT2D eigenvalue weighted by Crippen LogP contribution is 2.39. The molecule has 0 radical (unpaired) electrons. The number of rotatable bonds is 9. The number of halogens is 5. The van der Waals surface area contributed by atoms with Crippen LogP contribution in [0.15, 0.2) is 36.4 Å². The van der Waals surface area contributed by atoms with E-state index in [1.54, 1.807) is 18.2 Å². The van der Waals surface area contributed by atoms with Crippen molar-refractivity contribution in [2.24, 2.45) is 0 Å². The highest BCUT2D eigenvalue weighted by atomic mass is 19.4. The fraction of sp³-hybridized carbons (Fsp3) is 0.345. The van der Waals surface area contributed by atoms with Crippen LogP contribution in [0, 0.1) is 18.6 Å². The van der Waals surface area contributed by atoms with E-state index < -0.39 is 35.5 Å². The molecule has 2 aromatic carbocycles. The molecule has 1 aliphatic heterocycles. The Morgan fingerprint density at radius 2 is 1.73 bits per heavy atom. The van der Waals surface area contributed by atoms with E-state index in [0.29, 0.717) is 42.0 Å². The van der Waals surface area contributed by atoms with Crippen molar-refractivity contribution >= 4 is 35.4 Å². The normalized spacial score (nSPS) is 12.6. The Morgan fingerprint density at radius 1 is 1.09 bits per heavy atom. The second-order valence-electron chi connectivity index (χ2n) is 10.1. The first kappa shape index (κ1) is 34.6. The van der Waals surface area contributed by atoms with Crippen molar-refractivity contribution < 1.29 is 41.4 Å². The molecule has 11 nitrogen and oxygen atoms in total. The standard InChI is InChI=1S/C27H31F2N7O2.C2HF3O2/c1-5-11-30-25(37)17-9-10-18(16(2)14-17)22-19-15-32-27(38)36(23-20(28)7-6-8-21(23)29)24(19)34-26(33-22)31-12-13-35(3)4;3-2(4,5)1(6)7/h6-10,14H,5,11-13,15H2,1-4H3,(H,30,37)(H,32,38)(H,31,33,34);(H,6,7). The molecule has 4 rings (SSSR count). The van der Waals surface area contributed by atoms with Gasteiger partial charge in [-0.05, 0) is 57.3 Å².